The summed E-state index contributed by atoms with van der Waals surface area (Å²) < 4.78 is 0. The molecule has 1 aromatic rings. The smallest absolute Gasteiger partial charge is 0.216 e. The van der Waals surface area contributed by atoms with Crippen LogP contribution >= 0.6 is 0 Å². The highest BCUT2D eigenvalue weighted by atomic mass is 16.3. The van der Waals surface area contributed by atoms with E-state index in [-0.39, 0.29) is 18.2 Å². The summed E-state index contributed by atoms with van der Waals surface area (Å²) in [5, 5.41) is 22.1. The molecule has 3 N–H and O–H groups in total. The fraction of sp³-hybridized carbons (Fsp3) is 0.429. The van der Waals surface area contributed by atoms with Crippen molar-refractivity contribution in [3.8, 4) is 0 Å². The summed E-state index contributed by atoms with van der Waals surface area (Å²) in [5.74, 6) is -0.193. The number of carbonyl (C=O) groups is 2. The first-order valence-electron chi connectivity index (χ1n) is 6.09. The van der Waals surface area contributed by atoms with Gasteiger partial charge in [0.25, 0.3) is 0 Å². The number of amides is 1. The number of hydrogen-bond donors (Lipinski definition) is 3. The highest BCUT2D eigenvalue weighted by Gasteiger charge is 2.18. The van der Waals surface area contributed by atoms with Crippen molar-refractivity contribution in [3.05, 3.63) is 35.4 Å². The van der Waals surface area contributed by atoms with Crippen LogP contribution in [-0.4, -0.2) is 34.6 Å². The molecule has 5 nitrogen and oxygen atoms in total. The first-order valence-corrected chi connectivity index (χ1v) is 6.09. The predicted molar refractivity (Wildman–Crippen MR) is 70.5 cm³/mol. The molecule has 1 amide bonds. The van der Waals surface area contributed by atoms with Crippen LogP contribution < -0.4 is 5.32 Å². The van der Waals surface area contributed by atoms with Crippen LogP contribution in [0.3, 0.4) is 0 Å². The Hall–Kier alpha value is -1.72. The Morgan fingerprint density at radius 2 is 1.74 bits per heavy atom. The van der Waals surface area contributed by atoms with E-state index in [2.05, 4.69) is 5.32 Å². The minimum Gasteiger partial charge on any atom is -0.388 e. The lowest BCUT2D eigenvalue weighted by atomic mass is 10.0. The molecule has 0 aliphatic rings. The lowest BCUT2D eigenvalue weighted by molar-refractivity contribution is -0.120. The van der Waals surface area contributed by atoms with Crippen LogP contribution in [0.2, 0.25) is 0 Å². The zero-order valence-corrected chi connectivity index (χ0v) is 11.1. The molecular weight excluding hydrogens is 246 g/mol. The second kappa shape index (κ2) is 7.01. The maximum absolute atomic E-state index is 11.0. The number of Topliss-reactive ketones (excluding diaryl/α,β-unsaturated/α-hetero) is 1. The lowest BCUT2D eigenvalue weighted by Crippen LogP contribution is -2.34. The molecule has 0 heterocycles. The Balaban J connectivity index is 2.63. The molecule has 0 fully saturated rings. The molecule has 0 radical (unpaired) electrons. The molecule has 0 bridgehead atoms. The van der Waals surface area contributed by atoms with Crippen LogP contribution in [0, 0.1) is 0 Å². The van der Waals surface area contributed by atoms with Crippen molar-refractivity contribution >= 4 is 11.7 Å². The van der Waals surface area contributed by atoms with Crippen molar-refractivity contribution in [2.45, 2.75) is 32.5 Å². The van der Waals surface area contributed by atoms with Crippen molar-refractivity contribution in [1.82, 2.24) is 5.32 Å². The Morgan fingerprint density at radius 1 is 1.16 bits per heavy atom. The van der Waals surface area contributed by atoms with Gasteiger partial charge in [-0.15, -0.1) is 0 Å². The summed E-state index contributed by atoms with van der Waals surface area (Å²) in [6.07, 6.45) is -1.79. The van der Waals surface area contributed by atoms with Crippen LogP contribution in [-0.2, 0) is 16.0 Å². The van der Waals surface area contributed by atoms with Gasteiger partial charge in [-0.2, -0.15) is 0 Å². The number of rotatable bonds is 6. The summed E-state index contributed by atoms with van der Waals surface area (Å²) in [6, 6.07) is 6.82. The molecule has 0 spiro atoms. The maximum Gasteiger partial charge on any atom is 0.216 e. The third-order valence-electron chi connectivity index (χ3n) is 2.70. The van der Waals surface area contributed by atoms with Crippen LogP contribution in [0.4, 0.5) is 0 Å². The zero-order chi connectivity index (χ0) is 14.4. The van der Waals surface area contributed by atoms with Crippen molar-refractivity contribution < 1.29 is 19.8 Å². The van der Waals surface area contributed by atoms with E-state index >= 15 is 0 Å². The Labute approximate surface area is 112 Å². The highest BCUT2D eigenvalue weighted by Crippen LogP contribution is 2.17. The standard InChI is InChI=1S/C14H19NO4/c1-9(16)7-11-3-5-12(6-4-11)14(19)13(18)8-15-10(2)17/h3-6,13-14,18-19H,7-8H2,1-2H3,(H,15,17). The van der Waals surface area contributed by atoms with E-state index in [1.54, 1.807) is 24.3 Å². The number of aliphatic hydroxyl groups is 2. The van der Waals surface area contributed by atoms with E-state index in [9.17, 15) is 19.8 Å². The largest absolute Gasteiger partial charge is 0.388 e. The van der Waals surface area contributed by atoms with E-state index < -0.39 is 12.2 Å². The van der Waals surface area contributed by atoms with Crippen LogP contribution in [0.1, 0.15) is 31.1 Å². The quantitative estimate of drug-likeness (QED) is 0.692. The van der Waals surface area contributed by atoms with Crippen molar-refractivity contribution in [1.29, 1.82) is 0 Å². The molecule has 1 aromatic carbocycles. The monoisotopic (exact) mass is 265 g/mol. The Kier molecular flexibility index (Phi) is 5.66. The van der Waals surface area contributed by atoms with Crippen LogP contribution in [0.25, 0.3) is 0 Å². The fourth-order valence-corrected chi connectivity index (χ4v) is 1.70. The van der Waals surface area contributed by atoms with Crippen molar-refractivity contribution in [2.24, 2.45) is 0 Å². The summed E-state index contributed by atoms with van der Waals surface area (Å²) in [4.78, 5) is 21.7. The minimum atomic E-state index is -1.07. The second-order valence-corrected chi connectivity index (χ2v) is 4.57. The Morgan fingerprint density at radius 3 is 2.21 bits per heavy atom. The summed E-state index contributed by atoms with van der Waals surface area (Å²) >= 11 is 0. The van der Waals surface area contributed by atoms with Gasteiger partial charge in [-0.1, -0.05) is 24.3 Å². The maximum atomic E-state index is 11.0. The van der Waals surface area contributed by atoms with Crippen LogP contribution in [0.15, 0.2) is 24.3 Å². The van der Waals surface area contributed by atoms with Gasteiger partial charge in [0.2, 0.25) is 5.91 Å². The molecule has 104 valence electrons. The third kappa shape index (κ3) is 5.19. The first kappa shape index (κ1) is 15.3. The first-order chi connectivity index (χ1) is 8.90. The molecule has 0 aliphatic carbocycles. The number of aliphatic hydroxyl groups excluding tert-OH is 2. The number of carbonyl (C=O) groups excluding carboxylic acids is 2. The normalized spacial score (nSPS) is 13.7. The fourth-order valence-electron chi connectivity index (χ4n) is 1.70. The lowest BCUT2D eigenvalue weighted by Gasteiger charge is -2.18. The van der Waals surface area contributed by atoms with E-state index in [0.717, 1.165) is 5.56 Å². The average Bonchev–Trinajstić information content (AvgIpc) is 2.35. The number of ketones is 1. The molecule has 19 heavy (non-hydrogen) atoms. The third-order valence-corrected chi connectivity index (χ3v) is 2.70. The molecule has 2 unspecified atom stereocenters. The molecule has 0 aromatic heterocycles. The molecule has 0 aliphatic heterocycles. The number of benzene rings is 1. The van der Waals surface area contributed by atoms with Crippen LogP contribution in [0.5, 0.6) is 0 Å². The summed E-state index contributed by atoms with van der Waals surface area (Å²) in [5.41, 5.74) is 1.41. The van der Waals surface area contributed by atoms with Gasteiger partial charge in [0.15, 0.2) is 0 Å². The molecule has 2 atom stereocenters. The Bertz CT molecular complexity index is 441. The van der Waals surface area contributed by atoms with E-state index in [0.29, 0.717) is 12.0 Å². The molecular formula is C14H19NO4. The highest BCUT2D eigenvalue weighted by molar-refractivity contribution is 5.78. The van der Waals surface area contributed by atoms with Crippen molar-refractivity contribution in [3.63, 3.8) is 0 Å². The van der Waals surface area contributed by atoms with Gasteiger partial charge in [0, 0.05) is 19.9 Å². The van der Waals surface area contributed by atoms with Gasteiger partial charge in [0.05, 0.1) is 0 Å². The SMILES string of the molecule is CC(=O)Cc1ccc(C(O)C(O)CNC(C)=O)cc1. The average molecular weight is 265 g/mol. The van der Waals surface area contributed by atoms with Crippen molar-refractivity contribution in [2.75, 3.05) is 6.54 Å². The van der Waals surface area contributed by atoms with E-state index in [1.165, 1.54) is 13.8 Å². The predicted octanol–water partition coefficient (Wildman–Crippen LogP) is 0.348. The van der Waals surface area contributed by atoms with Gasteiger partial charge in [0.1, 0.15) is 18.0 Å². The van der Waals surface area contributed by atoms with Gasteiger partial charge >= 0.3 is 0 Å². The number of hydrogen-bond acceptors (Lipinski definition) is 4. The summed E-state index contributed by atoms with van der Waals surface area (Å²) in [7, 11) is 0. The van der Waals surface area contributed by atoms with Gasteiger partial charge in [-0.25, -0.2) is 0 Å². The van der Waals surface area contributed by atoms with E-state index in [1.807, 2.05) is 0 Å². The summed E-state index contributed by atoms with van der Waals surface area (Å²) in [6.45, 7) is 2.85. The van der Waals surface area contributed by atoms with Gasteiger partial charge in [-0.3, -0.25) is 9.59 Å². The molecule has 5 heteroatoms. The van der Waals surface area contributed by atoms with Gasteiger partial charge < -0.3 is 15.5 Å². The molecule has 1 rings (SSSR count). The zero-order valence-electron chi connectivity index (χ0n) is 11.1. The topological polar surface area (TPSA) is 86.6 Å². The minimum absolute atomic E-state index is 0.00824. The second-order valence-electron chi connectivity index (χ2n) is 4.57. The van der Waals surface area contributed by atoms with E-state index in [4.69, 9.17) is 0 Å². The number of nitrogens with one attached hydrogen (secondary N) is 1. The van der Waals surface area contributed by atoms with Gasteiger partial charge in [-0.05, 0) is 18.1 Å². The molecule has 0 saturated carbocycles. The molecule has 0 saturated heterocycles.